The molecule has 0 spiro atoms. The molecule has 0 aliphatic carbocycles. The van der Waals surface area contributed by atoms with Crippen LogP contribution in [0.2, 0.25) is 0 Å². The Morgan fingerprint density at radius 2 is 2.10 bits per heavy atom. The lowest BCUT2D eigenvalue weighted by Crippen LogP contribution is -2.45. The average Bonchev–Trinajstić information content (AvgIpc) is 3.28. The highest BCUT2D eigenvalue weighted by Crippen LogP contribution is 2.25. The SMILES string of the molecule is CCOc1cccc2c1n(CC)c(=O)n2CC(=O)N(CC(N)=O)CC1CCCO1. The van der Waals surface area contributed by atoms with Crippen LogP contribution in [0, 0.1) is 0 Å². The molecule has 0 saturated carbocycles. The summed E-state index contributed by atoms with van der Waals surface area (Å²) in [6.45, 7) is 5.20. The second-order valence-corrected chi connectivity index (χ2v) is 7.05. The third-order valence-electron chi connectivity index (χ3n) is 5.06. The van der Waals surface area contributed by atoms with Crippen molar-refractivity contribution in [2.75, 3.05) is 26.3 Å². The molecule has 9 nitrogen and oxygen atoms in total. The van der Waals surface area contributed by atoms with Crippen molar-refractivity contribution in [1.82, 2.24) is 14.0 Å². The van der Waals surface area contributed by atoms with Crippen molar-refractivity contribution >= 4 is 22.8 Å². The number of carbonyl (C=O) groups excluding carboxylic acids is 2. The van der Waals surface area contributed by atoms with E-state index in [-0.39, 0.29) is 37.3 Å². The van der Waals surface area contributed by atoms with Gasteiger partial charge in [-0.15, -0.1) is 0 Å². The fourth-order valence-corrected chi connectivity index (χ4v) is 3.77. The fraction of sp³-hybridized carbons (Fsp3) is 0.550. The van der Waals surface area contributed by atoms with Crippen LogP contribution in [0.15, 0.2) is 23.0 Å². The number of ether oxygens (including phenoxy) is 2. The lowest BCUT2D eigenvalue weighted by Gasteiger charge is -2.24. The van der Waals surface area contributed by atoms with Crippen LogP contribution in [0.3, 0.4) is 0 Å². The number of amides is 2. The van der Waals surface area contributed by atoms with Gasteiger partial charge >= 0.3 is 5.69 Å². The molecule has 0 radical (unpaired) electrons. The van der Waals surface area contributed by atoms with Gasteiger partial charge in [-0.2, -0.15) is 0 Å². The smallest absolute Gasteiger partial charge is 0.329 e. The van der Waals surface area contributed by atoms with Crippen molar-refractivity contribution < 1.29 is 19.1 Å². The number of carbonyl (C=O) groups is 2. The first-order valence-electron chi connectivity index (χ1n) is 9.98. The highest BCUT2D eigenvalue weighted by Gasteiger charge is 2.25. The van der Waals surface area contributed by atoms with E-state index in [0.29, 0.717) is 36.5 Å². The molecule has 158 valence electrons. The normalized spacial score (nSPS) is 16.3. The first kappa shape index (κ1) is 20.9. The zero-order chi connectivity index (χ0) is 21.0. The number of aryl methyl sites for hydroxylation is 1. The Morgan fingerprint density at radius 3 is 2.72 bits per heavy atom. The van der Waals surface area contributed by atoms with Gasteiger partial charge < -0.3 is 20.1 Å². The zero-order valence-corrected chi connectivity index (χ0v) is 16.9. The molecule has 1 aliphatic rings. The Balaban J connectivity index is 1.93. The van der Waals surface area contributed by atoms with Gasteiger partial charge in [0.2, 0.25) is 11.8 Å². The van der Waals surface area contributed by atoms with Crippen LogP contribution >= 0.6 is 0 Å². The molecule has 29 heavy (non-hydrogen) atoms. The number of aromatic nitrogens is 2. The minimum absolute atomic E-state index is 0.114. The molecule has 2 heterocycles. The molecule has 1 unspecified atom stereocenters. The fourth-order valence-electron chi connectivity index (χ4n) is 3.77. The number of para-hydroxylation sites is 1. The van der Waals surface area contributed by atoms with Gasteiger partial charge in [-0.25, -0.2) is 4.79 Å². The van der Waals surface area contributed by atoms with E-state index in [2.05, 4.69) is 0 Å². The predicted octanol–water partition coefficient (Wildman–Crippen LogP) is 0.715. The largest absolute Gasteiger partial charge is 0.492 e. The number of fused-ring (bicyclic) bond motifs is 1. The summed E-state index contributed by atoms with van der Waals surface area (Å²) in [5, 5.41) is 0. The number of primary amides is 1. The molecule has 2 N–H and O–H groups in total. The quantitative estimate of drug-likeness (QED) is 0.662. The predicted molar refractivity (Wildman–Crippen MR) is 108 cm³/mol. The number of hydrogen-bond acceptors (Lipinski definition) is 5. The van der Waals surface area contributed by atoms with E-state index in [0.717, 1.165) is 12.8 Å². The number of nitrogens with two attached hydrogens (primary N) is 1. The Kier molecular flexibility index (Phi) is 6.58. The molecule has 1 atom stereocenters. The molecule has 3 rings (SSSR count). The number of hydrogen-bond donors (Lipinski definition) is 1. The zero-order valence-electron chi connectivity index (χ0n) is 16.9. The Morgan fingerprint density at radius 1 is 1.31 bits per heavy atom. The van der Waals surface area contributed by atoms with Crippen molar-refractivity contribution in [1.29, 1.82) is 0 Å². The topological polar surface area (TPSA) is 109 Å². The summed E-state index contributed by atoms with van der Waals surface area (Å²) in [6, 6.07) is 5.39. The summed E-state index contributed by atoms with van der Waals surface area (Å²) >= 11 is 0. The van der Waals surface area contributed by atoms with Crippen LogP contribution in [0.25, 0.3) is 11.0 Å². The van der Waals surface area contributed by atoms with Crippen molar-refractivity contribution in [3.05, 3.63) is 28.7 Å². The van der Waals surface area contributed by atoms with Crippen LogP contribution in [-0.2, 0) is 27.4 Å². The molecule has 1 aliphatic heterocycles. The van der Waals surface area contributed by atoms with Gasteiger partial charge in [0.15, 0.2) is 0 Å². The van der Waals surface area contributed by atoms with Crippen LogP contribution in [-0.4, -0.2) is 58.3 Å². The Bertz CT molecular complexity index is 942. The second-order valence-electron chi connectivity index (χ2n) is 7.05. The highest BCUT2D eigenvalue weighted by molar-refractivity contribution is 5.87. The second kappa shape index (κ2) is 9.13. The van der Waals surface area contributed by atoms with Gasteiger partial charge in [0.05, 0.1) is 24.8 Å². The van der Waals surface area contributed by atoms with Gasteiger partial charge in [0, 0.05) is 19.7 Å². The van der Waals surface area contributed by atoms with Gasteiger partial charge in [-0.1, -0.05) is 6.07 Å². The molecule has 0 bridgehead atoms. The third kappa shape index (κ3) is 4.45. The van der Waals surface area contributed by atoms with Gasteiger partial charge in [-0.05, 0) is 38.8 Å². The minimum atomic E-state index is -0.599. The van der Waals surface area contributed by atoms with Crippen molar-refractivity contribution in [3.8, 4) is 5.75 Å². The monoisotopic (exact) mass is 404 g/mol. The lowest BCUT2D eigenvalue weighted by molar-refractivity contribution is -0.137. The number of imidazole rings is 1. The van der Waals surface area contributed by atoms with E-state index in [1.807, 2.05) is 13.8 Å². The molecular formula is C20H28N4O5. The number of nitrogens with zero attached hydrogens (tertiary/aromatic N) is 3. The van der Waals surface area contributed by atoms with Crippen LogP contribution in [0.5, 0.6) is 5.75 Å². The molecule has 9 heteroatoms. The van der Waals surface area contributed by atoms with Crippen LogP contribution < -0.4 is 16.2 Å². The van der Waals surface area contributed by atoms with E-state index < -0.39 is 5.91 Å². The maximum Gasteiger partial charge on any atom is 0.329 e. The number of benzene rings is 1. The summed E-state index contributed by atoms with van der Waals surface area (Å²) in [5.74, 6) is -0.347. The molecule has 1 fully saturated rings. The van der Waals surface area contributed by atoms with E-state index in [1.165, 1.54) is 9.47 Å². The van der Waals surface area contributed by atoms with E-state index in [9.17, 15) is 14.4 Å². The molecule has 1 aromatic heterocycles. The minimum Gasteiger partial charge on any atom is -0.492 e. The average molecular weight is 404 g/mol. The molecule has 1 aromatic carbocycles. The Hall–Kier alpha value is -2.81. The highest BCUT2D eigenvalue weighted by atomic mass is 16.5. The summed E-state index contributed by atoms with van der Waals surface area (Å²) in [4.78, 5) is 38.9. The molecule has 1 saturated heterocycles. The first-order chi connectivity index (χ1) is 14.0. The van der Waals surface area contributed by atoms with E-state index in [1.54, 1.807) is 22.8 Å². The van der Waals surface area contributed by atoms with Gasteiger partial charge in [0.25, 0.3) is 0 Å². The van der Waals surface area contributed by atoms with Crippen molar-refractivity contribution in [2.45, 2.75) is 45.9 Å². The maximum absolute atomic E-state index is 13.0. The van der Waals surface area contributed by atoms with Gasteiger partial charge in [-0.3, -0.25) is 18.7 Å². The number of rotatable bonds is 9. The van der Waals surface area contributed by atoms with Gasteiger partial charge in [0.1, 0.15) is 17.8 Å². The molecule has 2 amide bonds. The van der Waals surface area contributed by atoms with Crippen LogP contribution in [0.4, 0.5) is 0 Å². The summed E-state index contributed by atoms with van der Waals surface area (Å²) in [7, 11) is 0. The Labute approximate surface area is 169 Å². The summed E-state index contributed by atoms with van der Waals surface area (Å²) in [6.07, 6.45) is 1.64. The van der Waals surface area contributed by atoms with Crippen molar-refractivity contribution in [3.63, 3.8) is 0 Å². The van der Waals surface area contributed by atoms with E-state index in [4.69, 9.17) is 15.2 Å². The lowest BCUT2D eigenvalue weighted by atomic mass is 10.2. The molecular weight excluding hydrogens is 376 g/mol. The van der Waals surface area contributed by atoms with E-state index >= 15 is 0 Å². The standard InChI is InChI=1S/C20H28N4O5/c1-3-23-19-15(8-5-9-16(19)28-4-2)24(20(23)27)13-18(26)22(12-17(21)25)11-14-7-6-10-29-14/h5,8-9,14H,3-4,6-7,10-13H2,1-2H3,(H2,21,25). The van der Waals surface area contributed by atoms with Crippen molar-refractivity contribution in [2.24, 2.45) is 5.73 Å². The third-order valence-corrected chi connectivity index (χ3v) is 5.06. The first-order valence-corrected chi connectivity index (χ1v) is 9.98. The van der Waals surface area contributed by atoms with Crippen LogP contribution in [0.1, 0.15) is 26.7 Å². The summed E-state index contributed by atoms with van der Waals surface area (Å²) in [5.41, 5.74) is 6.32. The molecule has 2 aromatic rings. The maximum atomic E-state index is 13.0. The summed E-state index contributed by atoms with van der Waals surface area (Å²) < 4.78 is 14.3.